The number of rotatable bonds is 6. The van der Waals surface area contributed by atoms with E-state index in [4.69, 9.17) is 5.73 Å². The van der Waals surface area contributed by atoms with Crippen LogP contribution in [0.5, 0.6) is 0 Å². The molecule has 2 N–H and O–H groups in total. The summed E-state index contributed by atoms with van der Waals surface area (Å²) in [5.41, 5.74) is 9.30. The molecule has 0 bridgehead atoms. The lowest BCUT2D eigenvalue weighted by molar-refractivity contribution is 0.601. The highest BCUT2D eigenvalue weighted by atomic mass is 32.2. The van der Waals surface area contributed by atoms with Crippen LogP contribution in [0.4, 0.5) is 5.82 Å². The molecule has 0 saturated heterocycles. The molecule has 0 spiro atoms. The van der Waals surface area contributed by atoms with Crippen LogP contribution in [0.25, 0.3) is 11.1 Å². The summed E-state index contributed by atoms with van der Waals surface area (Å²) in [4.78, 5) is 4.30. The highest BCUT2D eigenvalue weighted by Crippen LogP contribution is 2.36. The molecule has 0 amide bonds. The number of aromatic nitrogens is 1. The van der Waals surface area contributed by atoms with Crippen LogP contribution in [0.15, 0.2) is 59.6 Å². The molecular weight excluding hydrogens is 416 g/mol. The fraction of sp³-hybridized carbons (Fsp3) is 0.136. The molecule has 0 aliphatic rings. The first-order valence-corrected chi connectivity index (χ1v) is 11.9. The second-order valence-corrected chi connectivity index (χ2v) is 9.80. The molecule has 1 heterocycles. The molecule has 0 saturated carbocycles. The number of nitrogens with two attached hydrogens (primary N) is 1. The zero-order valence-electron chi connectivity index (χ0n) is 16.2. The Morgan fingerprint density at radius 3 is 2.30 bits per heavy atom. The molecule has 0 aliphatic heterocycles. The zero-order chi connectivity index (χ0) is 21.7. The van der Waals surface area contributed by atoms with Gasteiger partial charge in [0, 0.05) is 17.6 Å². The van der Waals surface area contributed by atoms with Crippen molar-refractivity contribution in [2.75, 3.05) is 12.0 Å². The van der Waals surface area contributed by atoms with E-state index < -0.39 is 9.84 Å². The van der Waals surface area contributed by atoms with Crippen LogP contribution >= 0.6 is 11.8 Å². The molecule has 0 fully saturated rings. The normalized spacial score (nSPS) is 10.9. The number of hydrogen-bond donors (Lipinski definition) is 1. The number of sulfone groups is 1. The summed E-state index contributed by atoms with van der Waals surface area (Å²) in [7, 11) is -3.13. The number of anilines is 1. The van der Waals surface area contributed by atoms with Crippen molar-refractivity contribution in [3.05, 3.63) is 76.9 Å². The zero-order valence-corrected chi connectivity index (χ0v) is 17.8. The summed E-state index contributed by atoms with van der Waals surface area (Å²) in [6.07, 6.45) is 1.20. The third-order valence-electron chi connectivity index (χ3n) is 4.27. The standard InChI is InChI=1S/C22H18N4O2S2/c1-30(27,28)14-16-7-5-6-15(10-16)13-29-22-19(12-24)20(17-8-3-2-4-9-17)18(11-23)21(25)26-22/h2-10H,13-14H2,1H3,(H2,25,26). The van der Waals surface area contributed by atoms with Crippen LogP contribution in [0, 0.1) is 22.7 Å². The van der Waals surface area contributed by atoms with Crippen molar-refractivity contribution >= 4 is 27.4 Å². The lowest BCUT2D eigenvalue weighted by Gasteiger charge is -2.13. The van der Waals surface area contributed by atoms with Gasteiger partial charge in [0.15, 0.2) is 9.84 Å². The maximum Gasteiger partial charge on any atom is 0.151 e. The lowest BCUT2D eigenvalue weighted by Crippen LogP contribution is -2.03. The molecule has 6 nitrogen and oxygen atoms in total. The van der Waals surface area contributed by atoms with Crippen LogP contribution in [0.2, 0.25) is 0 Å². The monoisotopic (exact) mass is 434 g/mol. The Hall–Kier alpha value is -3.33. The summed E-state index contributed by atoms with van der Waals surface area (Å²) < 4.78 is 23.1. The number of nitrogens with zero attached hydrogens (tertiary/aromatic N) is 3. The highest BCUT2D eigenvalue weighted by molar-refractivity contribution is 7.98. The average molecular weight is 435 g/mol. The van der Waals surface area contributed by atoms with Gasteiger partial charge in [-0.1, -0.05) is 54.6 Å². The van der Waals surface area contributed by atoms with Crippen LogP contribution in [-0.2, 0) is 21.3 Å². The van der Waals surface area contributed by atoms with Gasteiger partial charge in [0.25, 0.3) is 0 Å². The summed E-state index contributed by atoms with van der Waals surface area (Å²) in [6.45, 7) is 0. The van der Waals surface area contributed by atoms with Gasteiger partial charge in [-0.25, -0.2) is 13.4 Å². The van der Waals surface area contributed by atoms with E-state index in [1.165, 1.54) is 18.0 Å². The molecule has 0 aliphatic carbocycles. The van der Waals surface area contributed by atoms with E-state index in [0.29, 0.717) is 27.5 Å². The SMILES string of the molecule is CS(=O)(=O)Cc1cccc(CSc2nc(N)c(C#N)c(-c3ccccc3)c2C#N)c1. The predicted octanol–water partition coefficient (Wildman–Crippen LogP) is 3.91. The Morgan fingerprint density at radius 2 is 1.67 bits per heavy atom. The van der Waals surface area contributed by atoms with Crippen molar-refractivity contribution in [1.82, 2.24) is 4.98 Å². The van der Waals surface area contributed by atoms with Crippen LogP contribution in [0.3, 0.4) is 0 Å². The maximum absolute atomic E-state index is 11.6. The number of hydrogen-bond acceptors (Lipinski definition) is 7. The van der Waals surface area contributed by atoms with Crippen LogP contribution < -0.4 is 5.73 Å². The smallest absolute Gasteiger partial charge is 0.151 e. The van der Waals surface area contributed by atoms with Gasteiger partial charge in [-0.2, -0.15) is 10.5 Å². The minimum atomic E-state index is -3.13. The second kappa shape index (κ2) is 9.00. The van der Waals surface area contributed by atoms with Crippen LogP contribution in [-0.4, -0.2) is 19.7 Å². The minimum Gasteiger partial charge on any atom is -0.383 e. The lowest BCUT2D eigenvalue weighted by atomic mass is 9.97. The Bertz CT molecular complexity index is 1270. The van der Waals surface area contributed by atoms with Gasteiger partial charge in [-0.3, -0.25) is 0 Å². The number of benzene rings is 2. The largest absolute Gasteiger partial charge is 0.383 e. The van der Waals surface area contributed by atoms with Crippen LogP contribution in [0.1, 0.15) is 22.3 Å². The number of nitriles is 2. The van der Waals surface area contributed by atoms with E-state index in [9.17, 15) is 18.9 Å². The first kappa shape index (κ1) is 21.4. The molecule has 0 radical (unpaired) electrons. The number of thioether (sulfide) groups is 1. The van der Waals surface area contributed by atoms with Gasteiger partial charge in [0.1, 0.15) is 28.5 Å². The summed E-state index contributed by atoms with van der Waals surface area (Å²) in [6, 6.07) is 20.7. The van der Waals surface area contributed by atoms with Crippen molar-refractivity contribution in [1.29, 1.82) is 10.5 Å². The van der Waals surface area contributed by atoms with Gasteiger partial charge in [0.05, 0.1) is 11.3 Å². The third-order valence-corrected chi connectivity index (χ3v) is 6.18. The third kappa shape index (κ3) is 4.98. The van der Waals surface area contributed by atoms with Gasteiger partial charge >= 0.3 is 0 Å². The molecule has 2 aromatic carbocycles. The topological polar surface area (TPSA) is 121 Å². The first-order chi connectivity index (χ1) is 14.3. The molecular formula is C22H18N4O2S2. The average Bonchev–Trinajstić information content (AvgIpc) is 2.71. The Balaban J connectivity index is 1.98. The summed E-state index contributed by atoms with van der Waals surface area (Å²) in [5, 5.41) is 19.8. The van der Waals surface area contributed by atoms with E-state index in [0.717, 1.165) is 11.1 Å². The highest BCUT2D eigenvalue weighted by Gasteiger charge is 2.20. The molecule has 3 rings (SSSR count). The molecule has 8 heteroatoms. The minimum absolute atomic E-state index is 0.0326. The van der Waals surface area contributed by atoms with Gasteiger partial charge < -0.3 is 5.73 Å². The van der Waals surface area contributed by atoms with Crippen molar-refractivity contribution in [2.24, 2.45) is 0 Å². The fourth-order valence-corrected chi connectivity index (χ4v) is 4.78. The number of nitrogen functional groups attached to an aromatic ring is 1. The molecule has 0 unspecified atom stereocenters. The first-order valence-electron chi connectivity index (χ1n) is 8.90. The Kier molecular flexibility index (Phi) is 6.41. The molecule has 1 aromatic heterocycles. The predicted molar refractivity (Wildman–Crippen MR) is 118 cm³/mol. The molecule has 3 aromatic rings. The van der Waals surface area contributed by atoms with Crippen molar-refractivity contribution in [2.45, 2.75) is 16.5 Å². The van der Waals surface area contributed by atoms with Gasteiger partial charge in [-0.15, -0.1) is 11.8 Å². The van der Waals surface area contributed by atoms with Gasteiger partial charge in [-0.05, 0) is 16.7 Å². The Labute approximate surface area is 179 Å². The van der Waals surface area contributed by atoms with E-state index in [1.54, 1.807) is 12.1 Å². The van der Waals surface area contributed by atoms with Crippen molar-refractivity contribution in [3.8, 4) is 23.3 Å². The molecule has 0 atom stereocenters. The van der Waals surface area contributed by atoms with E-state index in [-0.39, 0.29) is 17.1 Å². The van der Waals surface area contributed by atoms with E-state index in [1.807, 2.05) is 42.5 Å². The van der Waals surface area contributed by atoms with Crippen molar-refractivity contribution < 1.29 is 8.42 Å². The molecule has 30 heavy (non-hydrogen) atoms. The fourth-order valence-electron chi connectivity index (χ4n) is 3.06. The van der Waals surface area contributed by atoms with Crippen molar-refractivity contribution in [3.63, 3.8) is 0 Å². The van der Waals surface area contributed by atoms with Gasteiger partial charge in [0.2, 0.25) is 0 Å². The number of pyridine rings is 1. The summed E-state index contributed by atoms with van der Waals surface area (Å²) >= 11 is 1.32. The van der Waals surface area contributed by atoms with E-state index >= 15 is 0 Å². The second-order valence-electron chi connectivity index (χ2n) is 6.70. The summed E-state index contributed by atoms with van der Waals surface area (Å²) in [5.74, 6) is 0.511. The Morgan fingerprint density at radius 1 is 1.00 bits per heavy atom. The maximum atomic E-state index is 11.6. The van der Waals surface area contributed by atoms with E-state index in [2.05, 4.69) is 17.1 Å². The molecule has 150 valence electrons. The quantitative estimate of drug-likeness (QED) is 0.584.